The zero-order valence-electron chi connectivity index (χ0n) is 5.53. The molecule has 9 heavy (non-hydrogen) atoms. The molecule has 0 spiro atoms. The van der Waals surface area contributed by atoms with Crippen molar-refractivity contribution in [2.75, 3.05) is 0 Å². The molecule has 0 heterocycles. The number of unbranched alkanes of at least 4 members (excludes halogenated alkanes) is 1. The Hall–Kier alpha value is 0.320. The van der Waals surface area contributed by atoms with Crippen LogP contribution in [0.15, 0.2) is 6.08 Å². The summed E-state index contributed by atoms with van der Waals surface area (Å²) in [5.74, 6) is 0. The molecule has 0 saturated heterocycles. The molecule has 0 rings (SSSR count). The van der Waals surface area contributed by atoms with E-state index < -0.39 is 4.33 Å². The minimum absolute atomic E-state index is 0.739. The molecule has 0 aliphatic heterocycles. The molecule has 0 aliphatic carbocycles. The van der Waals surface area contributed by atoms with Gasteiger partial charge in [0.25, 0.3) is 0 Å². The smallest absolute Gasteiger partial charge is 0.0970 e. The van der Waals surface area contributed by atoms with E-state index in [0.29, 0.717) is 0 Å². The highest BCUT2D eigenvalue weighted by Crippen LogP contribution is 2.27. The molecule has 0 nitrogen and oxygen atoms in total. The highest BCUT2D eigenvalue weighted by atomic mass is 35.5. The third-order valence-corrected chi connectivity index (χ3v) is 1.74. The van der Waals surface area contributed by atoms with Crippen LogP contribution in [-0.4, -0.2) is 4.33 Å². The van der Waals surface area contributed by atoms with Crippen LogP contribution in [0.5, 0.6) is 0 Å². The quantitative estimate of drug-likeness (QED) is 0.562. The molecule has 0 aromatic carbocycles. The monoisotopic (exact) mass is 165 g/mol. The molecule has 0 bridgehead atoms. The summed E-state index contributed by atoms with van der Waals surface area (Å²) in [5, 5.41) is 0. The Kier molecular flexibility index (Phi) is 4.33. The van der Waals surface area contributed by atoms with E-state index in [2.05, 4.69) is 6.92 Å². The van der Waals surface area contributed by atoms with Gasteiger partial charge in [0.05, 0.1) is 0 Å². The highest BCUT2D eigenvalue weighted by Gasteiger charge is 2.17. The van der Waals surface area contributed by atoms with E-state index in [0.717, 1.165) is 19.3 Å². The fourth-order valence-electron chi connectivity index (χ4n) is 0.496. The van der Waals surface area contributed by atoms with Gasteiger partial charge in [-0.25, -0.2) is 0 Å². The first kappa shape index (κ1) is 9.32. The number of halogens is 2. The third-order valence-electron chi connectivity index (χ3n) is 1.11. The molecule has 0 saturated carbocycles. The topological polar surface area (TPSA) is 0 Å². The lowest BCUT2D eigenvalue weighted by Crippen LogP contribution is -2.06. The van der Waals surface area contributed by atoms with Crippen LogP contribution >= 0.6 is 23.2 Å². The lowest BCUT2D eigenvalue weighted by atomic mass is 10.2. The van der Waals surface area contributed by atoms with Gasteiger partial charge in [-0.2, -0.15) is 0 Å². The maximum Gasteiger partial charge on any atom is 0.136 e. The van der Waals surface area contributed by atoms with E-state index in [1.807, 2.05) is 0 Å². The van der Waals surface area contributed by atoms with Gasteiger partial charge in [-0.3, -0.25) is 0 Å². The second kappa shape index (κ2) is 4.19. The van der Waals surface area contributed by atoms with Crippen LogP contribution in [0.25, 0.3) is 0 Å². The molecular weight excluding hydrogens is 155 g/mol. The number of alkyl halides is 2. The van der Waals surface area contributed by atoms with Crippen molar-refractivity contribution < 1.29 is 0 Å². The number of allylic oxidation sites excluding steroid dienone is 1. The summed E-state index contributed by atoms with van der Waals surface area (Å²) >= 11 is 11.4. The van der Waals surface area contributed by atoms with E-state index in [1.54, 1.807) is 0 Å². The minimum Gasteiger partial charge on any atom is -0.0970 e. The van der Waals surface area contributed by atoms with Crippen LogP contribution in [0.2, 0.25) is 0 Å². The predicted octanol–water partition coefficient (Wildman–Crippen LogP) is 3.34. The van der Waals surface area contributed by atoms with Crippen LogP contribution < -0.4 is 0 Å². The minimum atomic E-state index is -0.810. The number of hydrogen-bond acceptors (Lipinski definition) is 0. The summed E-state index contributed by atoms with van der Waals surface area (Å²) in [6.45, 7) is 7.24. The van der Waals surface area contributed by atoms with Crippen molar-refractivity contribution >= 4 is 23.2 Å². The van der Waals surface area contributed by atoms with Gasteiger partial charge in [0.2, 0.25) is 0 Å². The van der Waals surface area contributed by atoms with Crippen molar-refractivity contribution in [1.29, 1.82) is 0 Å². The van der Waals surface area contributed by atoms with Crippen LogP contribution in [-0.2, 0) is 0 Å². The van der Waals surface area contributed by atoms with Crippen LogP contribution in [0.1, 0.15) is 26.2 Å². The highest BCUT2D eigenvalue weighted by molar-refractivity contribution is 6.49. The van der Waals surface area contributed by atoms with Gasteiger partial charge in [-0.05, 0) is 12.5 Å². The standard InChI is InChI=1S/C7H11Cl2/c1-3-5-6-7(8,9)4-2/h2,4H,3,5-6H2,1H3. The van der Waals surface area contributed by atoms with Crippen LogP contribution in [0, 0.1) is 6.58 Å². The van der Waals surface area contributed by atoms with Gasteiger partial charge in [0, 0.05) is 0 Å². The molecule has 0 aliphatic rings. The Balaban J connectivity index is 3.45. The molecule has 0 amide bonds. The summed E-state index contributed by atoms with van der Waals surface area (Å²) in [6.07, 6.45) is 4.17. The van der Waals surface area contributed by atoms with Crippen LogP contribution in [0.3, 0.4) is 0 Å². The molecule has 0 unspecified atom stereocenters. The zero-order chi connectivity index (χ0) is 7.33. The van der Waals surface area contributed by atoms with Gasteiger partial charge in [0.15, 0.2) is 0 Å². The fraction of sp³-hybridized carbons (Fsp3) is 0.714. The van der Waals surface area contributed by atoms with Gasteiger partial charge < -0.3 is 0 Å². The van der Waals surface area contributed by atoms with Gasteiger partial charge in [-0.15, -0.1) is 0 Å². The predicted molar refractivity (Wildman–Crippen MR) is 42.8 cm³/mol. The Morgan fingerprint density at radius 1 is 1.56 bits per heavy atom. The first-order chi connectivity index (χ1) is 4.12. The second-order valence-corrected chi connectivity index (χ2v) is 3.57. The van der Waals surface area contributed by atoms with E-state index in [-0.39, 0.29) is 0 Å². The molecule has 0 N–H and O–H groups in total. The van der Waals surface area contributed by atoms with Gasteiger partial charge in [0.1, 0.15) is 4.33 Å². The SMILES string of the molecule is [CH]=CC(Cl)(Cl)CCCC. The number of rotatable bonds is 4. The second-order valence-electron chi connectivity index (χ2n) is 2.03. The molecule has 1 radical (unpaired) electrons. The summed E-state index contributed by atoms with van der Waals surface area (Å²) in [6, 6.07) is 0. The largest absolute Gasteiger partial charge is 0.136 e. The van der Waals surface area contributed by atoms with Crippen molar-refractivity contribution in [3.8, 4) is 0 Å². The summed E-state index contributed by atoms with van der Waals surface area (Å²) in [4.78, 5) is 0. The Morgan fingerprint density at radius 2 is 2.11 bits per heavy atom. The van der Waals surface area contributed by atoms with E-state index in [4.69, 9.17) is 29.8 Å². The molecular formula is C7H11Cl2. The van der Waals surface area contributed by atoms with Crippen molar-refractivity contribution in [2.45, 2.75) is 30.5 Å². The normalized spacial score (nSPS) is 11.4. The fourth-order valence-corrected chi connectivity index (χ4v) is 0.763. The zero-order valence-corrected chi connectivity index (χ0v) is 7.04. The summed E-state index contributed by atoms with van der Waals surface area (Å²) < 4.78 is -0.810. The molecule has 0 aromatic heterocycles. The van der Waals surface area contributed by atoms with Crippen molar-refractivity contribution in [2.24, 2.45) is 0 Å². The average Bonchev–Trinajstić information content (AvgIpc) is 1.84. The lowest BCUT2D eigenvalue weighted by Gasteiger charge is -2.11. The molecule has 0 aromatic rings. The molecule has 0 atom stereocenters. The van der Waals surface area contributed by atoms with Gasteiger partial charge in [-0.1, -0.05) is 49.5 Å². The third kappa shape index (κ3) is 4.80. The average molecular weight is 166 g/mol. The Bertz CT molecular complexity index is 86.9. The first-order valence-corrected chi connectivity index (χ1v) is 3.82. The maximum atomic E-state index is 5.68. The van der Waals surface area contributed by atoms with E-state index >= 15 is 0 Å². The Morgan fingerprint density at radius 3 is 2.44 bits per heavy atom. The first-order valence-electron chi connectivity index (χ1n) is 3.06. The lowest BCUT2D eigenvalue weighted by molar-refractivity contribution is 0.704. The Labute approximate surface area is 66.8 Å². The number of hydrogen-bond donors (Lipinski definition) is 0. The molecule has 0 fully saturated rings. The van der Waals surface area contributed by atoms with Crippen molar-refractivity contribution in [3.63, 3.8) is 0 Å². The van der Waals surface area contributed by atoms with Crippen molar-refractivity contribution in [1.82, 2.24) is 0 Å². The van der Waals surface area contributed by atoms with Crippen molar-refractivity contribution in [3.05, 3.63) is 12.7 Å². The maximum absolute atomic E-state index is 5.68. The molecule has 53 valence electrons. The van der Waals surface area contributed by atoms with Gasteiger partial charge >= 0.3 is 0 Å². The van der Waals surface area contributed by atoms with Crippen LogP contribution in [0.4, 0.5) is 0 Å². The van der Waals surface area contributed by atoms with E-state index in [9.17, 15) is 0 Å². The van der Waals surface area contributed by atoms with E-state index in [1.165, 1.54) is 6.08 Å². The summed E-state index contributed by atoms with van der Waals surface area (Å²) in [5.41, 5.74) is 0. The summed E-state index contributed by atoms with van der Waals surface area (Å²) in [7, 11) is 0. The molecule has 2 heteroatoms.